The van der Waals surface area contributed by atoms with Crippen molar-refractivity contribution in [3.05, 3.63) is 33.4 Å². The maximum atomic E-state index is 7.05. The van der Waals surface area contributed by atoms with Crippen LogP contribution in [0.3, 0.4) is 0 Å². The molecule has 0 atom stereocenters. The maximum Gasteiger partial charge on any atom is 0.151 e. The van der Waals surface area contributed by atoms with Gasteiger partial charge in [-0.15, -0.1) is 0 Å². The van der Waals surface area contributed by atoms with Crippen molar-refractivity contribution in [1.82, 2.24) is 0 Å². The Kier molecular flexibility index (Phi) is 3.87. The van der Waals surface area contributed by atoms with E-state index in [1.807, 2.05) is 12.1 Å². The average molecular weight is 292 g/mol. The molecule has 0 spiro atoms. The van der Waals surface area contributed by atoms with E-state index in [0.717, 1.165) is 5.75 Å². The molecular weight excluding hydrogens is 283 g/mol. The molecule has 2 nitrogen and oxygen atoms in total. The SMILES string of the molecule is N=C(N)SCc1ccccc1I. The number of hydrogen-bond donors (Lipinski definition) is 2. The molecule has 0 aliphatic rings. The van der Waals surface area contributed by atoms with Crippen LogP contribution in [0.2, 0.25) is 0 Å². The second-order valence-corrected chi connectivity index (χ2v) is 4.42. The lowest BCUT2D eigenvalue weighted by atomic mass is 10.2. The van der Waals surface area contributed by atoms with Gasteiger partial charge in [-0.3, -0.25) is 5.41 Å². The molecule has 1 aromatic rings. The largest absolute Gasteiger partial charge is 0.379 e. The summed E-state index contributed by atoms with van der Waals surface area (Å²) in [5, 5.41) is 7.23. The Morgan fingerprint density at radius 2 is 2.17 bits per heavy atom. The summed E-state index contributed by atoms with van der Waals surface area (Å²) in [6, 6.07) is 8.11. The molecule has 1 aromatic carbocycles. The maximum absolute atomic E-state index is 7.05. The highest BCUT2D eigenvalue weighted by atomic mass is 127. The molecule has 0 aromatic heterocycles. The molecule has 3 N–H and O–H groups in total. The molecule has 0 saturated heterocycles. The van der Waals surface area contributed by atoms with Crippen molar-refractivity contribution in [3.8, 4) is 0 Å². The van der Waals surface area contributed by atoms with Crippen molar-refractivity contribution in [1.29, 1.82) is 5.41 Å². The van der Waals surface area contributed by atoms with Gasteiger partial charge in [-0.25, -0.2) is 0 Å². The zero-order chi connectivity index (χ0) is 8.97. The normalized spacial score (nSPS) is 9.75. The number of amidine groups is 1. The van der Waals surface area contributed by atoms with Crippen molar-refractivity contribution in [2.24, 2.45) is 5.73 Å². The van der Waals surface area contributed by atoms with Gasteiger partial charge in [-0.2, -0.15) is 0 Å². The quantitative estimate of drug-likeness (QED) is 0.499. The van der Waals surface area contributed by atoms with E-state index in [2.05, 4.69) is 34.7 Å². The number of rotatable bonds is 2. The van der Waals surface area contributed by atoms with Gasteiger partial charge < -0.3 is 5.73 Å². The Hall–Kier alpha value is -0.230. The fraction of sp³-hybridized carbons (Fsp3) is 0.125. The first-order valence-electron chi connectivity index (χ1n) is 3.40. The van der Waals surface area contributed by atoms with Crippen molar-refractivity contribution in [2.75, 3.05) is 0 Å². The van der Waals surface area contributed by atoms with Gasteiger partial charge in [0.15, 0.2) is 5.17 Å². The standard InChI is InChI=1S/C8H9IN2S/c9-7-4-2-1-3-6(7)5-12-8(10)11/h1-4H,5H2,(H3,10,11). The van der Waals surface area contributed by atoms with Crippen molar-refractivity contribution >= 4 is 39.5 Å². The molecule has 0 saturated carbocycles. The Labute approximate surface area is 89.6 Å². The number of benzene rings is 1. The Bertz CT molecular complexity index is 288. The lowest BCUT2D eigenvalue weighted by Crippen LogP contribution is -2.04. The van der Waals surface area contributed by atoms with Crippen LogP contribution < -0.4 is 5.73 Å². The van der Waals surface area contributed by atoms with Crippen LogP contribution in [0.1, 0.15) is 5.56 Å². The summed E-state index contributed by atoms with van der Waals surface area (Å²) in [5.74, 6) is 0.786. The van der Waals surface area contributed by atoms with Gasteiger partial charge in [-0.1, -0.05) is 30.0 Å². The number of halogens is 1. The zero-order valence-electron chi connectivity index (χ0n) is 6.38. The van der Waals surface area contributed by atoms with Gasteiger partial charge in [0.05, 0.1) is 0 Å². The van der Waals surface area contributed by atoms with E-state index in [-0.39, 0.29) is 5.17 Å². The van der Waals surface area contributed by atoms with Gasteiger partial charge in [0.2, 0.25) is 0 Å². The van der Waals surface area contributed by atoms with E-state index in [1.165, 1.54) is 20.9 Å². The van der Waals surface area contributed by atoms with E-state index in [0.29, 0.717) is 0 Å². The fourth-order valence-electron chi connectivity index (χ4n) is 0.771. The molecule has 0 fully saturated rings. The Morgan fingerprint density at radius 1 is 1.50 bits per heavy atom. The third-order valence-electron chi connectivity index (χ3n) is 1.34. The summed E-state index contributed by atoms with van der Waals surface area (Å²) in [5.41, 5.74) is 6.47. The molecule has 0 bridgehead atoms. The summed E-state index contributed by atoms with van der Waals surface area (Å²) < 4.78 is 1.23. The van der Waals surface area contributed by atoms with Gasteiger partial charge >= 0.3 is 0 Å². The number of hydrogen-bond acceptors (Lipinski definition) is 2. The van der Waals surface area contributed by atoms with Crippen molar-refractivity contribution in [3.63, 3.8) is 0 Å². The van der Waals surface area contributed by atoms with Gasteiger partial charge in [0.25, 0.3) is 0 Å². The van der Waals surface area contributed by atoms with Crippen LogP contribution in [0.15, 0.2) is 24.3 Å². The molecule has 1 rings (SSSR count). The van der Waals surface area contributed by atoms with Crippen LogP contribution >= 0.6 is 34.4 Å². The topological polar surface area (TPSA) is 49.9 Å². The van der Waals surface area contributed by atoms with Crippen LogP contribution in [0.4, 0.5) is 0 Å². The predicted molar refractivity (Wildman–Crippen MR) is 62.4 cm³/mol. The molecule has 4 heteroatoms. The zero-order valence-corrected chi connectivity index (χ0v) is 9.35. The molecule has 0 aliphatic heterocycles. The molecule has 0 heterocycles. The summed E-state index contributed by atoms with van der Waals surface area (Å²) in [6.45, 7) is 0. The number of nitrogens with one attached hydrogen (secondary N) is 1. The van der Waals surface area contributed by atoms with E-state index < -0.39 is 0 Å². The molecule has 0 amide bonds. The lowest BCUT2D eigenvalue weighted by molar-refractivity contribution is 1.38. The average Bonchev–Trinajstić information content (AvgIpc) is 2.03. The molecule has 64 valence electrons. The first-order valence-corrected chi connectivity index (χ1v) is 5.47. The van der Waals surface area contributed by atoms with Crippen LogP contribution in [0, 0.1) is 8.98 Å². The first kappa shape index (κ1) is 9.85. The summed E-state index contributed by atoms with van der Waals surface area (Å²) in [4.78, 5) is 0. The van der Waals surface area contributed by atoms with E-state index >= 15 is 0 Å². The fourth-order valence-corrected chi connectivity index (χ4v) is 2.17. The highest BCUT2D eigenvalue weighted by Gasteiger charge is 1.98. The minimum absolute atomic E-state index is 0.176. The van der Waals surface area contributed by atoms with Crippen molar-refractivity contribution in [2.45, 2.75) is 5.75 Å². The van der Waals surface area contributed by atoms with Gasteiger partial charge in [0.1, 0.15) is 0 Å². The predicted octanol–water partition coefficient (Wildman–Crippen LogP) is 2.42. The third kappa shape index (κ3) is 3.02. The van der Waals surface area contributed by atoms with Crippen LogP contribution in [0.25, 0.3) is 0 Å². The number of thioether (sulfide) groups is 1. The van der Waals surface area contributed by atoms with E-state index in [9.17, 15) is 0 Å². The Balaban J connectivity index is 2.63. The minimum atomic E-state index is 0.176. The molecule has 0 unspecified atom stereocenters. The first-order chi connectivity index (χ1) is 5.70. The minimum Gasteiger partial charge on any atom is -0.379 e. The molecular formula is C8H9IN2S. The lowest BCUT2D eigenvalue weighted by Gasteiger charge is -2.01. The van der Waals surface area contributed by atoms with Crippen molar-refractivity contribution < 1.29 is 0 Å². The van der Waals surface area contributed by atoms with Crippen LogP contribution in [0.5, 0.6) is 0 Å². The highest BCUT2D eigenvalue weighted by molar-refractivity contribution is 14.1. The second kappa shape index (κ2) is 4.71. The van der Waals surface area contributed by atoms with Gasteiger partial charge in [0, 0.05) is 9.32 Å². The van der Waals surface area contributed by atoms with Crippen LogP contribution in [-0.4, -0.2) is 5.17 Å². The Morgan fingerprint density at radius 3 is 2.75 bits per heavy atom. The number of nitrogens with two attached hydrogens (primary N) is 1. The van der Waals surface area contributed by atoms with E-state index in [4.69, 9.17) is 11.1 Å². The molecule has 0 aliphatic carbocycles. The molecule has 12 heavy (non-hydrogen) atoms. The third-order valence-corrected chi connectivity index (χ3v) is 3.16. The molecule has 0 radical (unpaired) electrons. The smallest absolute Gasteiger partial charge is 0.151 e. The highest BCUT2D eigenvalue weighted by Crippen LogP contribution is 2.17. The van der Waals surface area contributed by atoms with Gasteiger partial charge in [-0.05, 0) is 34.2 Å². The summed E-state index contributed by atoms with van der Waals surface area (Å²) in [6.07, 6.45) is 0. The van der Waals surface area contributed by atoms with E-state index in [1.54, 1.807) is 0 Å². The summed E-state index contributed by atoms with van der Waals surface area (Å²) in [7, 11) is 0. The summed E-state index contributed by atoms with van der Waals surface area (Å²) >= 11 is 3.64. The second-order valence-electron chi connectivity index (χ2n) is 2.24. The van der Waals surface area contributed by atoms with Crippen LogP contribution in [-0.2, 0) is 5.75 Å². The monoisotopic (exact) mass is 292 g/mol.